The van der Waals surface area contributed by atoms with Crippen LogP contribution in [-0.4, -0.2) is 48.1 Å². The fraction of sp³-hybridized carbons (Fsp3) is 0.765. The van der Waals surface area contributed by atoms with Crippen molar-refractivity contribution in [2.75, 3.05) is 26.2 Å². The van der Waals surface area contributed by atoms with Crippen molar-refractivity contribution in [2.24, 2.45) is 4.99 Å². The molecule has 132 valence electrons. The molecule has 0 bridgehead atoms. The van der Waals surface area contributed by atoms with E-state index in [2.05, 4.69) is 53.2 Å². The predicted molar refractivity (Wildman–Crippen MR) is 101 cm³/mol. The van der Waals surface area contributed by atoms with Crippen LogP contribution in [0.1, 0.15) is 51.1 Å². The van der Waals surface area contributed by atoms with Crippen LogP contribution in [0.25, 0.3) is 0 Å². The lowest BCUT2D eigenvalue weighted by molar-refractivity contribution is 0.292. The van der Waals surface area contributed by atoms with Gasteiger partial charge in [0.05, 0.1) is 17.7 Å². The number of nitrogens with one attached hydrogen (secondary N) is 2. The van der Waals surface area contributed by atoms with E-state index in [9.17, 15) is 0 Å². The minimum atomic E-state index is 0.422. The lowest BCUT2D eigenvalue weighted by Gasteiger charge is -2.21. The van der Waals surface area contributed by atoms with Crippen LogP contribution < -0.4 is 10.6 Å². The average Bonchev–Trinajstić information content (AvgIpc) is 2.94. The van der Waals surface area contributed by atoms with Gasteiger partial charge in [-0.3, -0.25) is 0 Å². The van der Waals surface area contributed by atoms with E-state index in [1.165, 1.54) is 17.8 Å². The Labute approximate surface area is 145 Å². The fourth-order valence-corrected chi connectivity index (χ4v) is 3.12. The summed E-state index contributed by atoms with van der Waals surface area (Å²) in [5.41, 5.74) is 2.97. The SMILES string of the molecule is CCNC(=NCc1scnc1C)NC(C)CCCN(CC)CC. The van der Waals surface area contributed by atoms with Gasteiger partial charge in [-0.05, 0) is 53.2 Å². The number of thiazole rings is 1. The molecule has 23 heavy (non-hydrogen) atoms. The van der Waals surface area contributed by atoms with Crippen molar-refractivity contribution in [1.29, 1.82) is 0 Å². The second-order valence-electron chi connectivity index (χ2n) is 5.77. The van der Waals surface area contributed by atoms with Gasteiger partial charge >= 0.3 is 0 Å². The summed E-state index contributed by atoms with van der Waals surface area (Å²) in [6.45, 7) is 15.8. The molecule has 5 nitrogen and oxygen atoms in total. The zero-order valence-corrected chi connectivity index (χ0v) is 16.2. The van der Waals surface area contributed by atoms with Crippen LogP contribution in [0.15, 0.2) is 10.5 Å². The molecule has 1 aromatic rings. The van der Waals surface area contributed by atoms with Crippen LogP contribution in [0.2, 0.25) is 0 Å². The number of rotatable bonds is 10. The Morgan fingerprint density at radius 3 is 2.65 bits per heavy atom. The van der Waals surface area contributed by atoms with Gasteiger partial charge in [0.1, 0.15) is 0 Å². The van der Waals surface area contributed by atoms with E-state index in [1.54, 1.807) is 11.3 Å². The van der Waals surface area contributed by atoms with Gasteiger partial charge in [-0.1, -0.05) is 13.8 Å². The monoisotopic (exact) mass is 339 g/mol. The molecule has 0 saturated heterocycles. The second kappa shape index (κ2) is 11.4. The van der Waals surface area contributed by atoms with E-state index in [0.29, 0.717) is 12.6 Å². The van der Waals surface area contributed by atoms with Crippen molar-refractivity contribution in [3.05, 3.63) is 16.1 Å². The second-order valence-corrected chi connectivity index (χ2v) is 6.71. The summed E-state index contributed by atoms with van der Waals surface area (Å²) >= 11 is 1.67. The first-order valence-electron chi connectivity index (χ1n) is 8.76. The highest BCUT2D eigenvalue weighted by molar-refractivity contribution is 7.09. The molecule has 6 heteroatoms. The molecule has 0 aliphatic carbocycles. The molecule has 1 aromatic heterocycles. The Balaban J connectivity index is 2.43. The first kappa shape index (κ1) is 19.9. The third-order valence-corrected chi connectivity index (χ3v) is 4.88. The fourth-order valence-electron chi connectivity index (χ4n) is 2.42. The molecule has 0 fully saturated rings. The van der Waals surface area contributed by atoms with E-state index in [1.807, 2.05) is 12.4 Å². The summed E-state index contributed by atoms with van der Waals surface area (Å²) in [5.74, 6) is 0.899. The van der Waals surface area contributed by atoms with Crippen LogP contribution in [0.3, 0.4) is 0 Å². The van der Waals surface area contributed by atoms with Crippen molar-refractivity contribution in [1.82, 2.24) is 20.5 Å². The predicted octanol–water partition coefficient (Wildman–Crippen LogP) is 3.02. The first-order valence-corrected chi connectivity index (χ1v) is 9.64. The van der Waals surface area contributed by atoms with Gasteiger partial charge in [0.25, 0.3) is 0 Å². The van der Waals surface area contributed by atoms with Crippen LogP contribution in [-0.2, 0) is 6.54 Å². The molecule has 1 atom stereocenters. The highest BCUT2D eigenvalue weighted by atomic mass is 32.1. The number of hydrogen-bond donors (Lipinski definition) is 2. The molecule has 0 saturated carbocycles. The average molecular weight is 340 g/mol. The molecule has 0 aliphatic rings. The summed E-state index contributed by atoms with van der Waals surface area (Å²) in [5, 5.41) is 6.84. The molecular formula is C17H33N5S. The molecule has 2 N–H and O–H groups in total. The molecule has 1 rings (SSSR count). The zero-order valence-electron chi connectivity index (χ0n) is 15.4. The number of nitrogens with zero attached hydrogens (tertiary/aromatic N) is 3. The van der Waals surface area contributed by atoms with E-state index in [-0.39, 0.29) is 0 Å². The third-order valence-electron chi connectivity index (χ3n) is 3.96. The Morgan fingerprint density at radius 1 is 1.35 bits per heavy atom. The van der Waals surface area contributed by atoms with Crippen LogP contribution in [0.4, 0.5) is 0 Å². The highest BCUT2D eigenvalue weighted by Gasteiger charge is 2.07. The van der Waals surface area contributed by atoms with Gasteiger partial charge in [-0.25, -0.2) is 9.98 Å². The van der Waals surface area contributed by atoms with Crippen LogP contribution in [0.5, 0.6) is 0 Å². The minimum absolute atomic E-state index is 0.422. The van der Waals surface area contributed by atoms with Crippen molar-refractivity contribution in [3.8, 4) is 0 Å². The van der Waals surface area contributed by atoms with Gasteiger partial charge < -0.3 is 15.5 Å². The maximum Gasteiger partial charge on any atom is 0.191 e. The Morgan fingerprint density at radius 2 is 2.09 bits per heavy atom. The molecule has 0 aromatic carbocycles. The van der Waals surface area contributed by atoms with E-state index >= 15 is 0 Å². The van der Waals surface area contributed by atoms with Gasteiger partial charge in [-0.15, -0.1) is 11.3 Å². The van der Waals surface area contributed by atoms with E-state index in [0.717, 1.165) is 37.7 Å². The van der Waals surface area contributed by atoms with Crippen molar-refractivity contribution in [3.63, 3.8) is 0 Å². The zero-order chi connectivity index (χ0) is 17.1. The summed E-state index contributed by atoms with van der Waals surface area (Å²) in [4.78, 5) is 12.7. The molecular weight excluding hydrogens is 306 g/mol. The van der Waals surface area contributed by atoms with Gasteiger partial charge in [0.2, 0.25) is 0 Å². The minimum Gasteiger partial charge on any atom is -0.357 e. The molecule has 0 radical (unpaired) electrons. The number of hydrogen-bond acceptors (Lipinski definition) is 4. The van der Waals surface area contributed by atoms with Gasteiger partial charge in [-0.2, -0.15) is 0 Å². The third kappa shape index (κ3) is 7.79. The summed E-state index contributed by atoms with van der Waals surface area (Å²) in [6, 6.07) is 0.422. The van der Waals surface area contributed by atoms with Gasteiger partial charge in [0.15, 0.2) is 5.96 Å². The first-order chi connectivity index (χ1) is 11.1. The Bertz CT molecular complexity index is 454. The van der Waals surface area contributed by atoms with Crippen LogP contribution in [0, 0.1) is 6.92 Å². The molecule has 1 unspecified atom stereocenters. The Kier molecular flexibility index (Phi) is 9.87. The molecule has 0 aliphatic heterocycles. The molecule has 0 amide bonds. The quantitative estimate of drug-likeness (QED) is 0.508. The van der Waals surface area contributed by atoms with E-state index < -0.39 is 0 Å². The maximum atomic E-state index is 4.69. The maximum absolute atomic E-state index is 4.69. The lowest BCUT2D eigenvalue weighted by Crippen LogP contribution is -2.42. The van der Waals surface area contributed by atoms with E-state index in [4.69, 9.17) is 0 Å². The summed E-state index contributed by atoms with van der Waals surface area (Å²) in [6.07, 6.45) is 2.36. The smallest absolute Gasteiger partial charge is 0.191 e. The highest BCUT2D eigenvalue weighted by Crippen LogP contribution is 2.12. The standard InChI is InChI=1S/C17H33N5S/c1-6-18-17(19-12-16-15(5)20-13-23-16)21-14(4)10-9-11-22(7-2)8-3/h13-14H,6-12H2,1-5H3,(H2,18,19,21). The topological polar surface area (TPSA) is 52.6 Å². The lowest BCUT2D eigenvalue weighted by atomic mass is 10.2. The number of aryl methyl sites for hydroxylation is 1. The number of guanidine groups is 1. The summed E-state index contributed by atoms with van der Waals surface area (Å²) in [7, 11) is 0. The number of aromatic nitrogens is 1. The van der Waals surface area contributed by atoms with Gasteiger partial charge in [0, 0.05) is 17.5 Å². The Hall–Kier alpha value is -1.14. The summed E-state index contributed by atoms with van der Waals surface area (Å²) < 4.78 is 0. The largest absolute Gasteiger partial charge is 0.357 e. The van der Waals surface area contributed by atoms with Crippen molar-refractivity contribution in [2.45, 2.75) is 60.0 Å². The van der Waals surface area contributed by atoms with Crippen LogP contribution >= 0.6 is 11.3 Å². The molecule has 1 heterocycles. The van der Waals surface area contributed by atoms with Crippen molar-refractivity contribution >= 4 is 17.3 Å². The molecule has 0 spiro atoms. The van der Waals surface area contributed by atoms with Crippen molar-refractivity contribution < 1.29 is 0 Å². The number of aliphatic imine (C=N–C) groups is 1. The normalized spacial score (nSPS) is 13.4.